The molecule has 1 aliphatic carbocycles. The minimum absolute atomic E-state index is 0.147. The van der Waals surface area contributed by atoms with Crippen LogP contribution in [-0.4, -0.2) is 33.7 Å². The van der Waals surface area contributed by atoms with Crippen LogP contribution in [0.3, 0.4) is 0 Å². The number of carboxylic acids is 1. The molecule has 0 saturated heterocycles. The summed E-state index contributed by atoms with van der Waals surface area (Å²) in [6, 6.07) is 9.23. The zero-order chi connectivity index (χ0) is 15.7. The molecule has 1 aromatic carbocycles. The third-order valence-electron chi connectivity index (χ3n) is 3.86. The summed E-state index contributed by atoms with van der Waals surface area (Å²) in [5.74, 6) is -1.20. The van der Waals surface area contributed by atoms with E-state index in [1.807, 2.05) is 24.3 Å². The molecule has 0 spiro atoms. The van der Waals surface area contributed by atoms with Gasteiger partial charge in [-0.3, -0.25) is 14.7 Å². The molecule has 1 saturated carbocycles. The van der Waals surface area contributed by atoms with E-state index < -0.39 is 11.4 Å². The lowest BCUT2D eigenvalue weighted by molar-refractivity contribution is -0.143. The Morgan fingerprint density at radius 1 is 1.32 bits per heavy atom. The second-order valence-electron chi connectivity index (χ2n) is 5.44. The van der Waals surface area contributed by atoms with E-state index in [1.54, 1.807) is 6.07 Å². The molecule has 0 aliphatic heterocycles. The van der Waals surface area contributed by atoms with E-state index in [-0.39, 0.29) is 12.5 Å². The monoisotopic (exact) mass is 363 g/mol. The van der Waals surface area contributed by atoms with Crippen LogP contribution in [-0.2, 0) is 4.79 Å². The van der Waals surface area contributed by atoms with Crippen LogP contribution in [0.2, 0.25) is 0 Å². The van der Waals surface area contributed by atoms with Crippen LogP contribution in [0.5, 0.6) is 0 Å². The average molecular weight is 364 g/mol. The van der Waals surface area contributed by atoms with Crippen molar-refractivity contribution in [2.75, 3.05) is 6.54 Å². The lowest BCUT2D eigenvalue weighted by atomic mass is 10.1. The molecule has 1 heterocycles. The van der Waals surface area contributed by atoms with Crippen LogP contribution in [0.1, 0.15) is 23.3 Å². The number of nitrogens with zero attached hydrogens (tertiary/aromatic N) is 1. The number of amides is 1. The topological polar surface area (TPSA) is 95.1 Å². The van der Waals surface area contributed by atoms with Crippen molar-refractivity contribution >= 4 is 27.8 Å². The van der Waals surface area contributed by atoms with Gasteiger partial charge < -0.3 is 10.4 Å². The number of aromatic nitrogens is 2. The number of halogens is 1. The van der Waals surface area contributed by atoms with Gasteiger partial charge in [0.15, 0.2) is 0 Å². The lowest BCUT2D eigenvalue weighted by Crippen LogP contribution is -2.34. The Kier molecular flexibility index (Phi) is 3.74. The molecule has 0 atom stereocenters. The SMILES string of the molecule is O=C(NCC1(C(=O)O)CC1)c1cc(-c2ccc(Br)cc2)n[nH]1. The molecule has 2 aromatic rings. The Balaban J connectivity index is 1.67. The van der Waals surface area contributed by atoms with Gasteiger partial charge in [-0.05, 0) is 31.0 Å². The molecule has 22 heavy (non-hydrogen) atoms. The number of hydrogen-bond acceptors (Lipinski definition) is 3. The van der Waals surface area contributed by atoms with Crippen molar-refractivity contribution in [1.82, 2.24) is 15.5 Å². The Bertz CT molecular complexity index is 720. The minimum Gasteiger partial charge on any atom is -0.481 e. The van der Waals surface area contributed by atoms with Crippen molar-refractivity contribution in [3.05, 3.63) is 40.5 Å². The summed E-state index contributed by atoms with van der Waals surface area (Å²) in [7, 11) is 0. The Labute approximate surface area is 135 Å². The van der Waals surface area contributed by atoms with E-state index in [0.717, 1.165) is 10.0 Å². The zero-order valence-electron chi connectivity index (χ0n) is 11.6. The first-order valence-corrected chi connectivity index (χ1v) is 7.62. The van der Waals surface area contributed by atoms with Gasteiger partial charge in [-0.1, -0.05) is 28.1 Å². The van der Waals surface area contributed by atoms with Gasteiger partial charge in [-0.15, -0.1) is 0 Å². The summed E-state index contributed by atoms with van der Waals surface area (Å²) in [5.41, 5.74) is 1.10. The van der Waals surface area contributed by atoms with Gasteiger partial charge >= 0.3 is 5.97 Å². The van der Waals surface area contributed by atoms with Crippen molar-refractivity contribution in [3.63, 3.8) is 0 Å². The van der Waals surface area contributed by atoms with Crippen LogP contribution >= 0.6 is 15.9 Å². The van der Waals surface area contributed by atoms with Crippen molar-refractivity contribution < 1.29 is 14.7 Å². The number of nitrogens with one attached hydrogen (secondary N) is 2. The van der Waals surface area contributed by atoms with Gasteiger partial charge in [-0.2, -0.15) is 5.10 Å². The van der Waals surface area contributed by atoms with E-state index >= 15 is 0 Å². The largest absolute Gasteiger partial charge is 0.481 e. The van der Waals surface area contributed by atoms with Crippen LogP contribution in [0.15, 0.2) is 34.8 Å². The molecule has 3 rings (SSSR count). The predicted octanol–water partition coefficient (Wildman–Crippen LogP) is 2.43. The van der Waals surface area contributed by atoms with Gasteiger partial charge in [0.05, 0.1) is 11.1 Å². The molecule has 0 radical (unpaired) electrons. The van der Waals surface area contributed by atoms with Crippen LogP contribution < -0.4 is 5.32 Å². The fraction of sp³-hybridized carbons (Fsp3) is 0.267. The van der Waals surface area contributed by atoms with E-state index in [9.17, 15) is 9.59 Å². The summed E-state index contributed by atoms with van der Waals surface area (Å²) in [4.78, 5) is 23.1. The van der Waals surface area contributed by atoms with Crippen molar-refractivity contribution in [3.8, 4) is 11.3 Å². The Morgan fingerprint density at radius 3 is 2.59 bits per heavy atom. The highest BCUT2D eigenvalue weighted by Crippen LogP contribution is 2.45. The summed E-state index contributed by atoms with van der Waals surface area (Å²) in [5, 5.41) is 18.5. The van der Waals surface area contributed by atoms with Gasteiger partial charge in [0, 0.05) is 16.6 Å². The van der Waals surface area contributed by atoms with E-state index in [2.05, 4.69) is 31.4 Å². The molecule has 1 fully saturated rings. The normalized spacial score (nSPS) is 15.3. The maximum absolute atomic E-state index is 12.1. The Hall–Kier alpha value is -2.15. The number of carboxylic acid groups (broad SMARTS) is 1. The van der Waals surface area contributed by atoms with Gasteiger partial charge in [0.1, 0.15) is 5.69 Å². The molecule has 1 aromatic heterocycles. The molecular weight excluding hydrogens is 350 g/mol. The number of hydrogen-bond donors (Lipinski definition) is 3. The van der Waals surface area contributed by atoms with Crippen molar-refractivity contribution in [1.29, 1.82) is 0 Å². The number of benzene rings is 1. The van der Waals surface area contributed by atoms with Crippen LogP contribution in [0.25, 0.3) is 11.3 Å². The highest BCUT2D eigenvalue weighted by Gasteiger charge is 2.50. The maximum Gasteiger partial charge on any atom is 0.311 e. The fourth-order valence-electron chi connectivity index (χ4n) is 2.17. The third-order valence-corrected chi connectivity index (χ3v) is 4.39. The van der Waals surface area contributed by atoms with Gasteiger partial charge in [0.25, 0.3) is 5.91 Å². The number of rotatable bonds is 5. The first kappa shape index (κ1) is 14.8. The molecule has 7 heteroatoms. The van der Waals surface area contributed by atoms with Gasteiger partial charge in [-0.25, -0.2) is 0 Å². The first-order valence-electron chi connectivity index (χ1n) is 6.83. The molecule has 1 aliphatic rings. The average Bonchev–Trinajstić information content (AvgIpc) is 3.15. The smallest absolute Gasteiger partial charge is 0.311 e. The van der Waals surface area contributed by atoms with Crippen molar-refractivity contribution in [2.45, 2.75) is 12.8 Å². The summed E-state index contributed by atoms with van der Waals surface area (Å²) in [6.45, 7) is 0.147. The fourth-order valence-corrected chi connectivity index (χ4v) is 2.43. The molecule has 1 amide bonds. The predicted molar refractivity (Wildman–Crippen MR) is 83.4 cm³/mol. The van der Waals surface area contributed by atoms with E-state index in [1.165, 1.54) is 0 Å². The summed E-state index contributed by atoms with van der Waals surface area (Å²) >= 11 is 3.36. The third kappa shape index (κ3) is 2.89. The van der Waals surface area contributed by atoms with Gasteiger partial charge in [0.2, 0.25) is 0 Å². The minimum atomic E-state index is -0.854. The first-order chi connectivity index (χ1) is 10.5. The standard InChI is InChI=1S/C15H14BrN3O3/c16-10-3-1-9(2-4-10)11-7-12(19-18-11)13(20)17-8-15(5-6-15)14(21)22/h1-4,7H,5-6,8H2,(H,17,20)(H,18,19)(H,21,22). The number of carbonyl (C=O) groups is 2. The molecule has 0 unspecified atom stereocenters. The summed E-state index contributed by atoms with van der Waals surface area (Å²) in [6.07, 6.45) is 1.21. The molecular formula is C15H14BrN3O3. The lowest BCUT2D eigenvalue weighted by Gasteiger charge is -2.09. The van der Waals surface area contributed by atoms with Crippen LogP contribution in [0.4, 0.5) is 0 Å². The molecule has 0 bridgehead atoms. The number of H-pyrrole nitrogens is 1. The highest BCUT2D eigenvalue weighted by atomic mass is 79.9. The highest BCUT2D eigenvalue weighted by molar-refractivity contribution is 9.10. The zero-order valence-corrected chi connectivity index (χ0v) is 13.2. The molecule has 114 valence electrons. The quantitative estimate of drug-likeness (QED) is 0.760. The molecule has 3 N–H and O–H groups in total. The number of carbonyl (C=O) groups excluding carboxylic acids is 1. The maximum atomic E-state index is 12.1. The second kappa shape index (κ2) is 5.57. The Morgan fingerprint density at radius 2 is 2.00 bits per heavy atom. The summed E-state index contributed by atoms with van der Waals surface area (Å²) < 4.78 is 0.966. The van der Waals surface area contributed by atoms with E-state index in [4.69, 9.17) is 5.11 Å². The molecule has 6 nitrogen and oxygen atoms in total. The number of aromatic amines is 1. The second-order valence-corrected chi connectivity index (χ2v) is 6.36. The number of aliphatic carboxylic acids is 1. The van der Waals surface area contributed by atoms with E-state index in [0.29, 0.717) is 24.2 Å². The van der Waals surface area contributed by atoms with Crippen molar-refractivity contribution in [2.24, 2.45) is 5.41 Å². The van der Waals surface area contributed by atoms with Crippen LogP contribution in [0, 0.1) is 5.41 Å².